The first-order valence-corrected chi connectivity index (χ1v) is 9.15. The first-order chi connectivity index (χ1) is 11.7. The topological polar surface area (TPSA) is 49.8 Å². The van der Waals surface area contributed by atoms with Gasteiger partial charge in [0.15, 0.2) is 0 Å². The largest absolute Gasteiger partial charge is 0.370 e. The molecular weight excluding hydrogens is 296 g/mol. The van der Waals surface area contributed by atoms with Crippen molar-refractivity contribution in [3.63, 3.8) is 0 Å². The second kappa shape index (κ2) is 8.13. The van der Waals surface area contributed by atoms with Crippen molar-refractivity contribution < 1.29 is 0 Å². The molecule has 3 rings (SSSR count). The van der Waals surface area contributed by atoms with Crippen molar-refractivity contribution in [1.82, 2.24) is 9.97 Å². The number of hydrogen-bond donors (Lipinski definition) is 2. The highest BCUT2D eigenvalue weighted by Crippen LogP contribution is 2.25. The molecule has 0 aliphatic heterocycles. The van der Waals surface area contributed by atoms with Crippen molar-refractivity contribution >= 4 is 11.8 Å². The van der Waals surface area contributed by atoms with Crippen LogP contribution in [0.15, 0.2) is 36.4 Å². The minimum absolute atomic E-state index is 0.513. The van der Waals surface area contributed by atoms with Crippen molar-refractivity contribution in [2.75, 3.05) is 17.2 Å². The molecule has 0 atom stereocenters. The Bertz CT molecular complexity index is 633. The SMILES string of the molecule is CC(C)CCNc1cc(-c2ccccc2)nc(NC2CCCC2)n1. The summed E-state index contributed by atoms with van der Waals surface area (Å²) in [6, 6.07) is 12.9. The second-order valence-corrected chi connectivity index (χ2v) is 7.06. The molecule has 1 aromatic heterocycles. The van der Waals surface area contributed by atoms with Gasteiger partial charge in [-0.1, -0.05) is 57.0 Å². The molecule has 0 amide bonds. The number of aromatic nitrogens is 2. The Morgan fingerprint density at radius 2 is 1.83 bits per heavy atom. The Hall–Kier alpha value is -2.10. The van der Waals surface area contributed by atoms with Crippen molar-refractivity contribution in [1.29, 1.82) is 0 Å². The Balaban J connectivity index is 1.81. The van der Waals surface area contributed by atoms with E-state index in [0.29, 0.717) is 12.0 Å². The Labute approximate surface area is 145 Å². The van der Waals surface area contributed by atoms with Crippen molar-refractivity contribution in [3.8, 4) is 11.3 Å². The van der Waals surface area contributed by atoms with Gasteiger partial charge in [0.2, 0.25) is 5.95 Å². The fourth-order valence-corrected chi connectivity index (χ4v) is 3.10. The lowest BCUT2D eigenvalue weighted by Gasteiger charge is -2.15. The fourth-order valence-electron chi connectivity index (χ4n) is 3.10. The minimum atomic E-state index is 0.513. The van der Waals surface area contributed by atoms with Gasteiger partial charge in [-0.05, 0) is 25.2 Å². The van der Waals surface area contributed by atoms with Crippen LogP contribution in [-0.4, -0.2) is 22.6 Å². The van der Waals surface area contributed by atoms with Crippen LogP contribution in [0.3, 0.4) is 0 Å². The lowest BCUT2D eigenvalue weighted by atomic mass is 10.1. The third-order valence-corrected chi connectivity index (χ3v) is 4.51. The van der Waals surface area contributed by atoms with Gasteiger partial charge in [-0.2, -0.15) is 4.98 Å². The van der Waals surface area contributed by atoms with Crippen LogP contribution in [0.2, 0.25) is 0 Å². The summed E-state index contributed by atoms with van der Waals surface area (Å²) in [6.07, 6.45) is 6.17. The van der Waals surface area contributed by atoms with Crippen molar-refractivity contribution in [2.24, 2.45) is 5.92 Å². The van der Waals surface area contributed by atoms with E-state index in [4.69, 9.17) is 4.98 Å². The van der Waals surface area contributed by atoms with Crippen molar-refractivity contribution in [3.05, 3.63) is 36.4 Å². The number of nitrogens with one attached hydrogen (secondary N) is 2. The zero-order valence-corrected chi connectivity index (χ0v) is 14.8. The second-order valence-electron chi connectivity index (χ2n) is 7.06. The molecule has 1 saturated carbocycles. The van der Waals surface area contributed by atoms with E-state index in [2.05, 4.69) is 47.7 Å². The number of anilines is 2. The van der Waals surface area contributed by atoms with E-state index in [-0.39, 0.29) is 0 Å². The first-order valence-electron chi connectivity index (χ1n) is 9.15. The number of nitrogens with zero attached hydrogens (tertiary/aromatic N) is 2. The van der Waals surface area contributed by atoms with E-state index in [1.807, 2.05) is 18.2 Å². The molecule has 2 N–H and O–H groups in total. The number of hydrogen-bond acceptors (Lipinski definition) is 4. The smallest absolute Gasteiger partial charge is 0.225 e. The molecule has 128 valence electrons. The Morgan fingerprint density at radius 1 is 1.08 bits per heavy atom. The number of benzene rings is 1. The molecule has 1 aromatic carbocycles. The minimum Gasteiger partial charge on any atom is -0.370 e. The fraction of sp³-hybridized carbons (Fsp3) is 0.500. The van der Waals surface area contributed by atoms with E-state index in [0.717, 1.165) is 36.0 Å². The van der Waals surface area contributed by atoms with Gasteiger partial charge < -0.3 is 10.6 Å². The van der Waals surface area contributed by atoms with Crippen molar-refractivity contribution in [2.45, 2.75) is 52.0 Å². The number of rotatable bonds is 7. The zero-order valence-electron chi connectivity index (χ0n) is 14.8. The van der Waals surface area contributed by atoms with Crippen LogP contribution in [0.4, 0.5) is 11.8 Å². The molecule has 0 radical (unpaired) electrons. The van der Waals surface area contributed by atoms with Gasteiger partial charge in [-0.3, -0.25) is 0 Å². The van der Waals surface area contributed by atoms with E-state index >= 15 is 0 Å². The summed E-state index contributed by atoms with van der Waals surface area (Å²) < 4.78 is 0. The summed E-state index contributed by atoms with van der Waals surface area (Å²) >= 11 is 0. The zero-order chi connectivity index (χ0) is 16.8. The van der Waals surface area contributed by atoms with Gasteiger partial charge >= 0.3 is 0 Å². The summed E-state index contributed by atoms with van der Waals surface area (Å²) in [5.41, 5.74) is 2.10. The van der Waals surface area contributed by atoms with Gasteiger partial charge in [0, 0.05) is 24.2 Å². The summed E-state index contributed by atoms with van der Waals surface area (Å²) in [7, 11) is 0. The molecule has 4 heteroatoms. The van der Waals surface area contributed by atoms with Crippen LogP contribution in [0, 0.1) is 5.92 Å². The Kier molecular flexibility index (Phi) is 5.68. The molecule has 1 aliphatic carbocycles. The van der Waals surface area contributed by atoms with Crippen LogP contribution in [0.1, 0.15) is 46.0 Å². The molecule has 4 nitrogen and oxygen atoms in total. The molecular formula is C20H28N4. The normalized spacial score (nSPS) is 15.0. The van der Waals surface area contributed by atoms with E-state index in [9.17, 15) is 0 Å². The molecule has 1 aliphatic rings. The highest BCUT2D eigenvalue weighted by atomic mass is 15.2. The first kappa shape index (κ1) is 16.7. The van der Waals surface area contributed by atoms with Gasteiger partial charge in [-0.15, -0.1) is 0 Å². The summed E-state index contributed by atoms with van der Waals surface area (Å²) in [5, 5.41) is 6.99. The summed E-state index contributed by atoms with van der Waals surface area (Å²) in [5.74, 6) is 2.34. The molecule has 1 fully saturated rings. The maximum atomic E-state index is 4.75. The summed E-state index contributed by atoms with van der Waals surface area (Å²) in [6.45, 7) is 5.42. The molecule has 0 spiro atoms. The highest BCUT2D eigenvalue weighted by Gasteiger charge is 2.16. The van der Waals surface area contributed by atoms with E-state index < -0.39 is 0 Å². The van der Waals surface area contributed by atoms with Gasteiger partial charge in [0.1, 0.15) is 5.82 Å². The quantitative estimate of drug-likeness (QED) is 0.756. The van der Waals surface area contributed by atoms with E-state index in [1.54, 1.807) is 0 Å². The lowest BCUT2D eigenvalue weighted by molar-refractivity contribution is 0.606. The average molecular weight is 324 g/mol. The average Bonchev–Trinajstić information content (AvgIpc) is 3.08. The van der Waals surface area contributed by atoms with Crippen LogP contribution >= 0.6 is 0 Å². The molecule has 24 heavy (non-hydrogen) atoms. The van der Waals surface area contributed by atoms with Gasteiger partial charge in [0.05, 0.1) is 5.69 Å². The third kappa shape index (κ3) is 4.70. The van der Waals surface area contributed by atoms with Crippen LogP contribution in [0.5, 0.6) is 0 Å². The maximum absolute atomic E-state index is 4.75. The molecule has 0 saturated heterocycles. The monoisotopic (exact) mass is 324 g/mol. The maximum Gasteiger partial charge on any atom is 0.225 e. The van der Waals surface area contributed by atoms with Gasteiger partial charge in [0.25, 0.3) is 0 Å². The standard InChI is InChI=1S/C20H28N4/c1-15(2)12-13-21-19-14-18(16-8-4-3-5-9-16)23-20(24-19)22-17-10-6-7-11-17/h3-5,8-9,14-15,17H,6-7,10-13H2,1-2H3,(H2,21,22,23,24). The molecule has 2 aromatic rings. The van der Waals surface area contributed by atoms with Gasteiger partial charge in [-0.25, -0.2) is 4.98 Å². The van der Waals surface area contributed by atoms with E-state index in [1.165, 1.54) is 25.7 Å². The predicted molar refractivity (Wildman–Crippen MR) is 101 cm³/mol. The molecule has 0 unspecified atom stereocenters. The predicted octanol–water partition coefficient (Wildman–Crippen LogP) is 4.96. The Morgan fingerprint density at radius 3 is 2.54 bits per heavy atom. The molecule has 0 bridgehead atoms. The third-order valence-electron chi connectivity index (χ3n) is 4.51. The lowest BCUT2D eigenvalue weighted by Crippen LogP contribution is -2.17. The van der Waals surface area contributed by atoms with Crippen LogP contribution in [-0.2, 0) is 0 Å². The highest BCUT2D eigenvalue weighted by molar-refractivity contribution is 5.64. The summed E-state index contributed by atoms with van der Waals surface area (Å²) in [4.78, 5) is 9.43. The van der Waals surface area contributed by atoms with Crippen LogP contribution in [0.25, 0.3) is 11.3 Å². The molecule has 1 heterocycles. The van der Waals surface area contributed by atoms with Crippen LogP contribution < -0.4 is 10.6 Å².